The molecule has 0 unspecified atom stereocenters. The number of hydrogen-bond donors (Lipinski definition) is 5. The summed E-state index contributed by atoms with van der Waals surface area (Å²) in [6.07, 6.45) is -9.29. The molecular formula is C27H27N3O10. The second-order valence-corrected chi connectivity index (χ2v) is 10.0. The number of aliphatic hydroxyl groups is 4. The molecule has 6 atom stereocenters. The zero-order valence-corrected chi connectivity index (χ0v) is 21.3. The van der Waals surface area contributed by atoms with Gasteiger partial charge in [0.2, 0.25) is 5.60 Å². The van der Waals surface area contributed by atoms with Gasteiger partial charge in [0.15, 0.2) is 6.23 Å². The molecule has 0 bridgehead atoms. The van der Waals surface area contributed by atoms with Crippen LogP contribution in [0.3, 0.4) is 0 Å². The number of pyridine rings is 2. The van der Waals surface area contributed by atoms with Crippen LogP contribution in [0.25, 0.3) is 22.3 Å². The molecule has 5 heterocycles. The number of cyclic esters (lactones) is 1. The Bertz CT molecular complexity index is 1590. The van der Waals surface area contributed by atoms with Gasteiger partial charge in [0.05, 0.1) is 35.6 Å². The molecule has 0 radical (unpaired) electrons. The van der Waals surface area contributed by atoms with E-state index in [0.717, 1.165) is 16.5 Å². The van der Waals surface area contributed by atoms with E-state index < -0.39 is 60.5 Å². The number of aliphatic hydroxyl groups excluding tert-OH is 4. The van der Waals surface area contributed by atoms with Gasteiger partial charge in [0.25, 0.3) is 5.56 Å². The third-order valence-electron chi connectivity index (χ3n) is 7.80. The summed E-state index contributed by atoms with van der Waals surface area (Å²) >= 11 is 0. The van der Waals surface area contributed by atoms with Gasteiger partial charge in [-0.1, -0.05) is 25.1 Å². The standard InChI is InChI=1S/C27H27N3O10/c1-2-27(40-26(37)29-23-22(34)21(33)20(32)18(10-31)39-23)15-8-17-19-13(7-12-5-3-4-6-16(12)28-19)9-30(17)24(35)14(15)11-38-25(27)36/h3-8,18,20-23,31-34H,2,9-11H2,1H3,(H,29,37)/t18-,20+,21+,22-,23-,27+/m1/s1. The fourth-order valence-corrected chi connectivity index (χ4v) is 5.61. The number of aromatic nitrogens is 2. The number of hydrogen-bond acceptors (Lipinski definition) is 11. The molecule has 0 saturated carbocycles. The van der Waals surface area contributed by atoms with Crippen LogP contribution >= 0.6 is 0 Å². The third-order valence-corrected chi connectivity index (χ3v) is 7.80. The number of benzene rings is 1. The zero-order chi connectivity index (χ0) is 28.3. The maximum Gasteiger partial charge on any atom is 0.410 e. The van der Waals surface area contributed by atoms with Crippen molar-refractivity contribution in [2.75, 3.05) is 6.61 Å². The molecular weight excluding hydrogens is 526 g/mol. The Morgan fingerprint density at radius 1 is 1.18 bits per heavy atom. The van der Waals surface area contributed by atoms with Gasteiger partial charge in [-0.25, -0.2) is 14.6 Å². The highest BCUT2D eigenvalue weighted by Gasteiger charge is 2.51. The fraction of sp³-hybridized carbons (Fsp3) is 0.407. The maximum absolute atomic E-state index is 13.6. The molecule has 5 N–H and O–H groups in total. The molecule has 1 saturated heterocycles. The van der Waals surface area contributed by atoms with E-state index in [1.165, 1.54) is 0 Å². The highest BCUT2D eigenvalue weighted by atomic mass is 16.6. The van der Waals surface area contributed by atoms with Gasteiger partial charge in [-0.2, -0.15) is 0 Å². The molecule has 3 aliphatic heterocycles. The average Bonchev–Trinajstić information content (AvgIpc) is 3.31. The second kappa shape index (κ2) is 9.64. The molecule has 1 amide bonds. The summed E-state index contributed by atoms with van der Waals surface area (Å²) < 4.78 is 17.8. The van der Waals surface area contributed by atoms with Crippen LogP contribution in [0.5, 0.6) is 0 Å². The maximum atomic E-state index is 13.6. The van der Waals surface area contributed by atoms with Gasteiger partial charge in [-0.15, -0.1) is 0 Å². The van der Waals surface area contributed by atoms with Crippen molar-refractivity contribution in [3.63, 3.8) is 0 Å². The van der Waals surface area contributed by atoms with E-state index in [-0.39, 0.29) is 30.7 Å². The van der Waals surface area contributed by atoms with Crippen molar-refractivity contribution in [1.82, 2.24) is 14.9 Å². The molecule has 6 rings (SSSR count). The normalized spacial score (nSPS) is 28.8. The predicted molar refractivity (Wildman–Crippen MR) is 136 cm³/mol. The molecule has 0 spiro atoms. The summed E-state index contributed by atoms with van der Waals surface area (Å²) in [7, 11) is 0. The van der Waals surface area contributed by atoms with Crippen LogP contribution < -0.4 is 10.9 Å². The lowest BCUT2D eigenvalue weighted by atomic mass is 9.85. The number of carbonyl (C=O) groups is 2. The van der Waals surface area contributed by atoms with Gasteiger partial charge in [0.1, 0.15) is 31.0 Å². The Hall–Kier alpha value is -3.88. The number of para-hydroxylation sites is 1. The number of ether oxygens (including phenoxy) is 3. The number of alkyl carbamates (subject to hydrolysis) is 1. The lowest BCUT2D eigenvalue weighted by Crippen LogP contribution is -2.63. The number of fused-ring (bicyclic) bond motifs is 5. The summed E-state index contributed by atoms with van der Waals surface area (Å²) in [6, 6.07) is 11.1. The quantitative estimate of drug-likeness (QED) is 0.207. The Kier molecular flexibility index (Phi) is 6.35. The third kappa shape index (κ3) is 3.89. The molecule has 0 aliphatic carbocycles. The van der Waals surface area contributed by atoms with E-state index in [9.17, 15) is 34.8 Å². The number of nitrogens with zero attached hydrogens (tertiary/aromatic N) is 2. The van der Waals surface area contributed by atoms with Crippen molar-refractivity contribution in [3.05, 3.63) is 63.4 Å². The van der Waals surface area contributed by atoms with Gasteiger partial charge in [-0.05, 0) is 24.6 Å². The van der Waals surface area contributed by atoms with E-state index in [1.54, 1.807) is 17.6 Å². The van der Waals surface area contributed by atoms with E-state index in [1.807, 2.05) is 30.3 Å². The van der Waals surface area contributed by atoms with Crippen LogP contribution in [0.1, 0.15) is 30.0 Å². The van der Waals surface area contributed by atoms with Crippen molar-refractivity contribution < 1.29 is 44.2 Å². The van der Waals surface area contributed by atoms with Crippen LogP contribution in [-0.4, -0.2) is 79.3 Å². The van der Waals surface area contributed by atoms with E-state index in [2.05, 4.69) is 5.32 Å². The Balaban J connectivity index is 1.37. The Labute approximate surface area is 226 Å². The van der Waals surface area contributed by atoms with Gasteiger partial charge in [0, 0.05) is 16.5 Å². The van der Waals surface area contributed by atoms with Crippen molar-refractivity contribution >= 4 is 23.0 Å². The lowest BCUT2D eigenvalue weighted by Gasteiger charge is -2.40. The van der Waals surface area contributed by atoms with Crippen LogP contribution in [0, 0.1) is 0 Å². The fourth-order valence-electron chi connectivity index (χ4n) is 5.61. The second-order valence-electron chi connectivity index (χ2n) is 10.0. The van der Waals surface area contributed by atoms with Gasteiger partial charge < -0.3 is 39.2 Å². The van der Waals surface area contributed by atoms with Crippen LogP contribution in [0.15, 0.2) is 41.2 Å². The largest absolute Gasteiger partial charge is 0.457 e. The average molecular weight is 554 g/mol. The Morgan fingerprint density at radius 2 is 1.95 bits per heavy atom. The summed E-state index contributed by atoms with van der Waals surface area (Å²) in [5.74, 6) is -0.888. The Morgan fingerprint density at radius 3 is 2.70 bits per heavy atom. The van der Waals surface area contributed by atoms with Gasteiger partial charge in [-0.3, -0.25) is 10.1 Å². The first-order chi connectivity index (χ1) is 19.2. The lowest BCUT2D eigenvalue weighted by molar-refractivity contribution is -0.235. The first-order valence-electron chi connectivity index (χ1n) is 12.8. The van der Waals surface area contributed by atoms with Crippen LogP contribution in [-0.2, 0) is 37.8 Å². The SMILES string of the molecule is CC[C@@]1(OC(=O)N[C@@H]2O[C@H](CO)[C@H](O)[C@H](O)[C@H]2O)C(=O)OCc2c1cc1n(c2=O)Cc2cc3ccccc3nc2-1. The minimum absolute atomic E-state index is 0.0954. The number of esters is 1. The van der Waals surface area contributed by atoms with Crippen molar-refractivity contribution in [1.29, 1.82) is 0 Å². The molecule has 1 fully saturated rings. The highest BCUT2D eigenvalue weighted by molar-refractivity contribution is 5.88. The number of amides is 1. The molecule has 13 heteroatoms. The molecule has 2 aromatic heterocycles. The first kappa shape index (κ1) is 26.3. The monoisotopic (exact) mass is 553 g/mol. The molecule has 210 valence electrons. The molecule has 13 nitrogen and oxygen atoms in total. The van der Waals surface area contributed by atoms with Crippen LogP contribution in [0.2, 0.25) is 0 Å². The summed E-state index contributed by atoms with van der Waals surface area (Å²) in [6.45, 7) is 0.858. The number of rotatable bonds is 4. The van der Waals surface area contributed by atoms with Crippen molar-refractivity contribution in [2.24, 2.45) is 0 Å². The topological polar surface area (TPSA) is 190 Å². The first-order valence-corrected chi connectivity index (χ1v) is 12.8. The zero-order valence-electron chi connectivity index (χ0n) is 21.3. The van der Waals surface area contributed by atoms with Crippen molar-refractivity contribution in [3.8, 4) is 11.4 Å². The number of carbonyl (C=O) groups excluding carboxylic acids is 2. The van der Waals surface area contributed by atoms with Gasteiger partial charge >= 0.3 is 12.1 Å². The minimum atomic E-state index is -2.01. The smallest absolute Gasteiger partial charge is 0.410 e. The summed E-state index contributed by atoms with van der Waals surface area (Å²) in [5, 5.41) is 42.9. The number of nitrogens with one attached hydrogen (secondary N) is 1. The summed E-state index contributed by atoms with van der Waals surface area (Å²) in [4.78, 5) is 44.6. The molecule has 40 heavy (non-hydrogen) atoms. The molecule has 3 aliphatic rings. The van der Waals surface area contributed by atoms with Crippen LogP contribution in [0.4, 0.5) is 4.79 Å². The molecule has 3 aromatic rings. The molecule has 1 aromatic carbocycles. The highest BCUT2D eigenvalue weighted by Crippen LogP contribution is 2.41. The van der Waals surface area contributed by atoms with Crippen molar-refractivity contribution in [2.45, 2.75) is 62.7 Å². The van der Waals surface area contributed by atoms with E-state index in [0.29, 0.717) is 11.4 Å². The van der Waals surface area contributed by atoms with E-state index >= 15 is 0 Å². The predicted octanol–water partition coefficient (Wildman–Crippen LogP) is -0.387. The summed E-state index contributed by atoms with van der Waals surface area (Å²) in [5.41, 5.74) is 0.503. The van der Waals surface area contributed by atoms with E-state index in [4.69, 9.17) is 19.2 Å². The minimum Gasteiger partial charge on any atom is -0.457 e.